The summed E-state index contributed by atoms with van der Waals surface area (Å²) in [5.41, 5.74) is 1.26. The Morgan fingerprint density at radius 1 is 1.13 bits per heavy atom. The van der Waals surface area contributed by atoms with Crippen molar-refractivity contribution in [1.82, 2.24) is 25.4 Å². The van der Waals surface area contributed by atoms with E-state index in [0.717, 1.165) is 63.0 Å². The van der Waals surface area contributed by atoms with E-state index in [-0.39, 0.29) is 0 Å². The highest BCUT2D eigenvalue weighted by molar-refractivity contribution is 7.09. The highest BCUT2D eigenvalue weighted by atomic mass is 32.1. The molecule has 2 heterocycles. The van der Waals surface area contributed by atoms with Crippen LogP contribution in [0.2, 0.25) is 0 Å². The van der Waals surface area contributed by atoms with Crippen LogP contribution in [0.25, 0.3) is 0 Å². The third kappa shape index (κ3) is 6.88. The standard InChI is InChI=1S/C22H30N6OS/c1-3-21-27-26-17-28(21)15-14-25-22(24-13-11-20-5-4-16-30-20)23-12-10-18-6-8-19(29-2)9-7-18/h4-9,16-17H,3,10-15H2,1-2H3,(H2,23,24,25). The number of nitrogens with zero attached hydrogens (tertiary/aromatic N) is 4. The van der Waals surface area contributed by atoms with Crippen LogP contribution in [0.5, 0.6) is 5.75 Å². The SMILES string of the molecule is CCc1nncn1CCNC(=NCCc1cccs1)NCCc1ccc(OC)cc1. The number of ether oxygens (including phenoxy) is 1. The van der Waals surface area contributed by atoms with Crippen molar-refractivity contribution in [2.45, 2.75) is 32.7 Å². The number of aliphatic imine (C=N–C) groups is 1. The Balaban J connectivity index is 1.50. The number of benzene rings is 1. The zero-order valence-electron chi connectivity index (χ0n) is 17.7. The van der Waals surface area contributed by atoms with Crippen molar-refractivity contribution in [3.05, 3.63) is 64.4 Å². The van der Waals surface area contributed by atoms with E-state index in [2.05, 4.69) is 62.0 Å². The maximum atomic E-state index is 5.22. The Hall–Kier alpha value is -2.87. The van der Waals surface area contributed by atoms with Crippen molar-refractivity contribution < 1.29 is 4.74 Å². The average molecular weight is 427 g/mol. The van der Waals surface area contributed by atoms with Crippen molar-refractivity contribution in [1.29, 1.82) is 0 Å². The van der Waals surface area contributed by atoms with Crippen LogP contribution in [0, 0.1) is 0 Å². The number of aromatic nitrogens is 3. The number of methoxy groups -OCH3 is 1. The summed E-state index contributed by atoms with van der Waals surface area (Å²) in [7, 11) is 1.69. The summed E-state index contributed by atoms with van der Waals surface area (Å²) < 4.78 is 7.30. The van der Waals surface area contributed by atoms with E-state index in [0.29, 0.717) is 0 Å². The Kier molecular flexibility index (Phi) is 8.71. The van der Waals surface area contributed by atoms with Crippen LogP contribution in [0.4, 0.5) is 0 Å². The molecule has 8 heteroatoms. The second-order valence-corrected chi connectivity index (χ2v) is 7.84. The number of hydrogen-bond acceptors (Lipinski definition) is 5. The lowest BCUT2D eigenvalue weighted by Gasteiger charge is -2.13. The molecule has 0 aliphatic carbocycles. The summed E-state index contributed by atoms with van der Waals surface area (Å²) in [6.45, 7) is 5.22. The Morgan fingerprint density at radius 2 is 1.97 bits per heavy atom. The summed E-state index contributed by atoms with van der Waals surface area (Å²) in [4.78, 5) is 6.11. The third-order valence-corrected chi connectivity index (χ3v) is 5.67. The quantitative estimate of drug-likeness (QED) is 0.364. The first kappa shape index (κ1) is 21.8. The van der Waals surface area contributed by atoms with Gasteiger partial charge in [0.25, 0.3) is 0 Å². The molecule has 0 fully saturated rings. The molecule has 0 spiro atoms. The van der Waals surface area contributed by atoms with Crippen LogP contribution in [0.1, 0.15) is 23.2 Å². The molecule has 2 aromatic heterocycles. The van der Waals surface area contributed by atoms with Gasteiger partial charge in [-0.2, -0.15) is 0 Å². The minimum atomic E-state index is 0.755. The van der Waals surface area contributed by atoms with E-state index in [4.69, 9.17) is 9.73 Å². The molecule has 0 bridgehead atoms. The fourth-order valence-corrected chi connectivity index (χ4v) is 3.76. The summed E-state index contributed by atoms with van der Waals surface area (Å²) >= 11 is 1.78. The van der Waals surface area contributed by atoms with E-state index in [9.17, 15) is 0 Å². The molecule has 0 radical (unpaired) electrons. The Morgan fingerprint density at radius 3 is 2.70 bits per heavy atom. The van der Waals surface area contributed by atoms with Gasteiger partial charge in [0.05, 0.1) is 7.11 Å². The van der Waals surface area contributed by atoms with Crippen LogP contribution in [-0.4, -0.2) is 47.5 Å². The molecular weight excluding hydrogens is 396 g/mol. The number of thiophene rings is 1. The van der Waals surface area contributed by atoms with Gasteiger partial charge in [-0.3, -0.25) is 4.99 Å². The fourth-order valence-electron chi connectivity index (χ4n) is 3.06. The molecule has 0 aliphatic heterocycles. The van der Waals surface area contributed by atoms with E-state index in [1.807, 2.05) is 12.1 Å². The minimum absolute atomic E-state index is 0.755. The predicted octanol–water partition coefficient (Wildman–Crippen LogP) is 2.93. The Bertz CT molecular complexity index is 889. The van der Waals surface area contributed by atoms with Crippen molar-refractivity contribution in [2.24, 2.45) is 4.99 Å². The molecule has 30 heavy (non-hydrogen) atoms. The molecular formula is C22H30N6OS. The largest absolute Gasteiger partial charge is 0.497 e. The lowest BCUT2D eigenvalue weighted by molar-refractivity contribution is 0.414. The van der Waals surface area contributed by atoms with Gasteiger partial charge < -0.3 is 19.9 Å². The topological polar surface area (TPSA) is 76.4 Å². The van der Waals surface area contributed by atoms with Crippen molar-refractivity contribution in [3.63, 3.8) is 0 Å². The first-order chi connectivity index (χ1) is 14.8. The van der Waals surface area contributed by atoms with E-state index < -0.39 is 0 Å². The highest BCUT2D eigenvalue weighted by Gasteiger charge is 2.03. The molecule has 0 saturated heterocycles. The second kappa shape index (κ2) is 12.0. The maximum Gasteiger partial charge on any atom is 0.191 e. The van der Waals surface area contributed by atoms with Gasteiger partial charge in [0, 0.05) is 43.9 Å². The second-order valence-electron chi connectivity index (χ2n) is 6.81. The molecule has 160 valence electrons. The minimum Gasteiger partial charge on any atom is -0.497 e. The maximum absolute atomic E-state index is 5.22. The normalized spacial score (nSPS) is 11.5. The van der Waals surface area contributed by atoms with Crippen LogP contribution < -0.4 is 15.4 Å². The predicted molar refractivity (Wildman–Crippen MR) is 122 cm³/mol. The summed E-state index contributed by atoms with van der Waals surface area (Å²) in [6, 6.07) is 12.4. The monoisotopic (exact) mass is 426 g/mol. The number of nitrogens with one attached hydrogen (secondary N) is 2. The van der Waals surface area contributed by atoms with Crippen molar-refractivity contribution >= 4 is 17.3 Å². The smallest absolute Gasteiger partial charge is 0.191 e. The molecule has 0 aliphatic rings. The highest BCUT2D eigenvalue weighted by Crippen LogP contribution is 2.11. The molecule has 1 aromatic carbocycles. The lowest BCUT2D eigenvalue weighted by atomic mass is 10.1. The molecule has 0 unspecified atom stereocenters. The number of aryl methyl sites for hydroxylation is 1. The van der Waals surface area contributed by atoms with Gasteiger partial charge in [-0.1, -0.05) is 25.1 Å². The first-order valence-electron chi connectivity index (χ1n) is 10.3. The number of hydrogen-bond donors (Lipinski definition) is 2. The summed E-state index contributed by atoms with van der Waals surface area (Å²) in [6.07, 6.45) is 4.53. The first-order valence-corrected chi connectivity index (χ1v) is 11.2. The van der Waals surface area contributed by atoms with Crippen LogP contribution in [0.15, 0.2) is 53.1 Å². The van der Waals surface area contributed by atoms with E-state index >= 15 is 0 Å². The molecule has 0 atom stereocenters. The van der Waals surface area contributed by atoms with Crippen LogP contribution >= 0.6 is 11.3 Å². The van der Waals surface area contributed by atoms with Gasteiger partial charge in [-0.05, 0) is 35.6 Å². The van der Waals surface area contributed by atoms with Gasteiger partial charge in [-0.15, -0.1) is 21.5 Å². The van der Waals surface area contributed by atoms with Gasteiger partial charge >= 0.3 is 0 Å². The molecule has 0 saturated carbocycles. The van der Waals surface area contributed by atoms with Gasteiger partial charge in [0.1, 0.15) is 17.9 Å². The fraction of sp³-hybridized carbons (Fsp3) is 0.409. The molecule has 3 rings (SSSR count). The summed E-state index contributed by atoms with van der Waals surface area (Å²) in [5, 5.41) is 17.1. The lowest BCUT2D eigenvalue weighted by Crippen LogP contribution is -2.40. The van der Waals surface area contributed by atoms with Crippen molar-refractivity contribution in [2.75, 3.05) is 26.7 Å². The zero-order valence-corrected chi connectivity index (χ0v) is 18.5. The zero-order chi connectivity index (χ0) is 21.0. The molecule has 0 amide bonds. The van der Waals surface area contributed by atoms with Crippen LogP contribution in [-0.2, 0) is 25.8 Å². The van der Waals surface area contributed by atoms with E-state index in [1.54, 1.807) is 24.8 Å². The van der Waals surface area contributed by atoms with Gasteiger partial charge in [0.15, 0.2) is 5.96 Å². The molecule has 3 aromatic rings. The van der Waals surface area contributed by atoms with E-state index in [1.165, 1.54) is 10.4 Å². The van der Waals surface area contributed by atoms with Gasteiger partial charge in [-0.25, -0.2) is 0 Å². The summed E-state index contributed by atoms with van der Waals surface area (Å²) in [5.74, 6) is 2.72. The average Bonchev–Trinajstić information content (AvgIpc) is 3.45. The molecule has 2 N–H and O–H groups in total. The molecule has 7 nitrogen and oxygen atoms in total. The van der Waals surface area contributed by atoms with Crippen LogP contribution in [0.3, 0.4) is 0 Å². The van der Waals surface area contributed by atoms with Crippen molar-refractivity contribution in [3.8, 4) is 5.75 Å². The number of guanidine groups is 1. The number of rotatable bonds is 11. The van der Waals surface area contributed by atoms with Gasteiger partial charge in [0.2, 0.25) is 0 Å². The Labute approximate surface area is 182 Å². The third-order valence-electron chi connectivity index (χ3n) is 4.73.